The number of halogens is 1. The van der Waals surface area contributed by atoms with Crippen molar-refractivity contribution in [3.05, 3.63) is 47.2 Å². The molecule has 2 heterocycles. The summed E-state index contributed by atoms with van der Waals surface area (Å²) in [5, 5.41) is 0.436. The molecule has 0 amide bonds. The summed E-state index contributed by atoms with van der Waals surface area (Å²) in [5.41, 5.74) is 2.61. The quantitative estimate of drug-likeness (QED) is 0.385. The summed E-state index contributed by atoms with van der Waals surface area (Å²) >= 11 is 0. The summed E-state index contributed by atoms with van der Waals surface area (Å²) < 4.78 is 27.3. The van der Waals surface area contributed by atoms with Crippen molar-refractivity contribution in [2.75, 3.05) is 19.5 Å². The maximum atomic E-state index is 14.8. The van der Waals surface area contributed by atoms with Crippen LogP contribution in [0.5, 0.6) is 11.5 Å². The van der Waals surface area contributed by atoms with Crippen LogP contribution in [0.2, 0.25) is 0 Å². The second-order valence-electron chi connectivity index (χ2n) is 6.29. The Kier molecular flexibility index (Phi) is 7.03. The molecule has 0 atom stereocenters. The molecular weight excluding hydrogens is 375 g/mol. The molecule has 156 valence electrons. The number of hydrogen-bond donors (Lipinski definition) is 2. The number of aromatic nitrogens is 2. The fraction of sp³-hybridized carbons (Fsp3) is 0.333. The Labute approximate surface area is 169 Å². The number of nitrogen functional groups attached to an aromatic ring is 1. The van der Waals surface area contributed by atoms with Crippen molar-refractivity contribution in [2.45, 2.75) is 34.6 Å². The van der Waals surface area contributed by atoms with Crippen molar-refractivity contribution < 1.29 is 18.7 Å². The predicted molar refractivity (Wildman–Crippen MR) is 113 cm³/mol. The number of carbonyl (C=O) groups excluding carboxylic acids is 1. The zero-order chi connectivity index (χ0) is 21.7. The monoisotopic (exact) mass is 402 g/mol. The third-order valence-electron chi connectivity index (χ3n) is 4.12. The lowest BCUT2D eigenvalue weighted by molar-refractivity contribution is -0.118. The van der Waals surface area contributed by atoms with Crippen LogP contribution in [0.1, 0.15) is 37.7 Å². The third-order valence-corrected chi connectivity index (χ3v) is 4.12. The molecule has 0 saturated carbocycles. The molecule has 0 spiro atoms. The van der Waals surface area contributed by atoms with Gasteiger partial charge in [-0.15, -0.1) is 0 Å². The number of ether oxygens (including phenoxy) is 2. The van der Waals surface area contributed by atoms with Crippen molar-refractivity contribution in [1.82, 2.24) is 9.66 Å². The van der Waals surface area contributed by atoms with Gasteiger partial charge in [0.15, 0.2) is 17.3 Å². The molecule has 0 bridgehead atoms. The molecule has 7 nitrogen and oxygen atoms in total. The topological polar surface area (TPSA) is 94.6 Å². The summed E-state index contributed by atoms with van der Waals surface area (Å²) in [4.78, 5) is 18.3. The molecule has 0 fully saturated rings. The maximum absolute atomic E-state index is 14.8. The molecule has 0 aliphatic rings. The highest BCUT2D eigenvalue weighted by molar-refractivity contribution is 5.97. The highest BCUT2D eigenvalue weighted by Gasteiger charge is 2.21. The number of ketones is 1. The lowest BCUT2D eigenvalue weighted by Gasteiger charge is -2.11. The number of Topliss-reactive ketones (excluding diaryl/α,β-unsaturated/α-hetero) is 1. The molecule has 0 aliphatic carbocycles. The Bertz CT molecular complexity index is 1050. The van der Waals surface area contributed by atoms with Crippen LogP contribution < -0.4 is 15.3 Å². The van der Waals surface area contributed by atoms with Crippen LogP contribution in [0.25, 0.3) is 10.9 Å². The molecule has 3 N–H and O–H groups in total. The van der Waals surface area contributed by atoms with E-state index < -0.39 is 5.82 Å². The van der Waals surface area contributed by atoms with Gasteiger partial charge in [-0.3, -0.25) is 14.5 Å². The summed E-state index contributed by atoms with van der Waals surface area (Å²) in [6.45, 7) is 8.98. The molecule has 0 radical (unpaired) electrons. The Morgan fingerprint density at radius 2 is 1.97 bits per heavy atom. The summed E-state index contributed by atoms with van der Waals surface area (Å²) in [5.74, 6) is 6.01. The van der Waals surface area contributed by atoms with Gasteiger partial charge in [-0.2, -0.15) is 0 Å². The number of aromatic amines is 1. The van der Waals surface area contributed by atoms with Gasteiger partial charge >= 0.3 is 0 Å². The van der Waals surface area contributed by atoms with Crippen molar-refractivity contribution in [3.8, 4) is 11.5 Å². The highest BCUT2D eigenvalue weighted by Crippen LogP contribution is 2.29. The van der Waals surface area contributed by atoms with Crippen LogP contribution in [0.15, 0.2) is 29.4 Å². The van der Waals surface area contributed by atoms with Crippen molar-refractivity contribution in [1.29, 1.82) is 0 Å². The molecule has 0 aliphatic heterocycles. The number of nitrogens with one attached hydrogen (secondary N) is 1. The number of aliphatic imine (C=N–C) groups is 1. The van der Waals surface area contributed by atoms with E-state index in [4.69, 9.17) is 15.3 Å². The Morgan fingerprint density at radius 1 is 1.28 bits per heavy atom. The van der Waals surface area contributed by atoms with Crippen molar-refractivity contribution in [3.63, 3.8) is 0 Å². The second-order valence-corrected chi connectivity index (χ2v) is 6.29. The SMILES string of the molecule is CC.CN=C(Oc1ccc2[nH]c(C)cc2c1F)c1c(C)c(OCC(C)=O)cn1N. The smallest absolute Gasteiger partial charge is 0.241 e. The van der Waals surface area contributed by atoms with E-state index in [-0.39, 0.29) is 24.0 Å². The average molecular weight is 402 g/mol. The highest BCUT2D eigenvalue weighted by atomic mass is 19.1. The van der Waals surface area contributed by atoms with Gasteiger partial charge in [-0.05, 0) is 39.0 Å². The Balaban J connectivity index is 0.00000145. The maximum Gasteiger partial charge on any atom is 0.241 e. The average Bonchev–Trinajstić information content (AvgIpc) is 3.21. The Hall–Kier alpha value is -3.29. The molecule has 8 heteroatoms. The molecule has 2 aromatic heterocycles. The van der Waals surface area contributed by atoms with Crippen LogP contribution in [0.3, 0.4) is 0 Å². The van der Waals surface area contributed by atoms with Crippen LogP contribution in [0.4, 0.5) is 4.39 Å². The third kappa shape index (κ3) is 4.59. The predicted octanol–water partition coefficient (Wildman–Crippen LogP) is 3.89. The number of rotatable bonds is 5. The van der Waals surface area contributed by atoms with Gasteiger partial charge in [0.1, 0.15) is 18.1 Å². The molecule has 3 aromatic rings. The molecule has 29 heavy (non-hydrogen) atoms. The van der Waals surface area contributed by atoms with E-state index in [1.165, 1.54) is 30.9 Å². The molecule has 3 rings (SSSR count). The number of H-pyrrole nitrogens is 1. The second kappa shape index (κ2) is 9.27. The van der Waals surface area contributed by atoms with Crippen molar-refractivity contribution in [2.24, 2.45) is 4.99 Å². The fourth-order valence-corrected chi connectivity index (χ4v) is 2.86. The van der Waals surface area contributed by atoms with Gasteiger partial charge < -0.3 is 20.3 Å². The lowest BCUT2D eigenvalue weighted by atomic mass is 10.2. The number of nitrogens with two attached hydrogens (primary N) is 1. The Morgan fingerprint density at radius 3 is 2.59 bits per heavy atom. The number of hydrogen-bond acceptors (Lipinski definition) is 5. The van der Waals surface area contributed by atoms with Gasteiger partial charge in [-0.1, -0.05) is 13.8 Å². The molecule has 0 saturated heterocycles. The fourth-order valence-electron chi connectivity index (χ4n) is 2.86. The number of aryl methyl sites for hydroxylation is 1. The van der Waals surface area contributed by atoms with E-state index in [1.54, 1.807) is 19.1 Å². The summed E-state index contributed by atoms with van der Waals surface area (Å²) in [7, 11) is 1.52. The van der Waals surface area contributed by atoms with Gasteiger partial charge in [0.05, 0.1) is 6.20 Å². The van der Waals surface area contributed by atoms with E-state index in [0.29, 0.717) is 27.9 Å². The van der Waals surface area contributed by atoms with Gasteiger partial charge in [-0.25, -0.2) is 4.39 Å². The zero-order valence-electron chi connectivity index (χ0n) is 17.6. The van der Waals surface area contributed by atoms with E-state index in [1.807, 2.05) is 20.8 Å². The minimum absolute atomic E-state index is 0.0360. The van der Waals surface area contributed by atoms with Gasteiger partial charge in [0.2, 0.25) is 5.90 Å². The van der Waals surface area contributed by atoms with E-state index >= 15 is 0 Å². The minimum atomic E-state index is -0.487. The largest absolute Gasteiger partial charge is 0.484 e. The number of benzene rings is 1. The van der Waals surface area contributed by atoms with Crippen LogP contribution >= 0.6 is 0 Å². The molecule has 1 aromatic carbocycles. The van der Waals surface area contributed by atoms with Crippen LogP contribution in [-0.2, 0) is 4.79 Å². The standard InChI is InChI=1S/C19H21FN4O3.C2H6/c1-10-7-13-14(23-10)5-6-15(17(13)20)27-19(22-4)18-12(3)16(8-24(18)21)26-9-11(2)25;1-2/h5-8,23H,9,21H2,1-4H3;1-2H3. The first-order chi connectivity index (χ1) is 13.8. The normalized spacial score (nSPS) is 11.2. The van der Waals surface area contributed by atoms with E-state index in [9.17, 15) is 9.18 Å². The number of fused-ring (bicyclic) bond motifs is 1. The first kappa shape index (κ1) is 22.0. The van der Waals surface area contributed by atoms with Gasteiger partial charge in [0.25, 0.3) is 0 Å². The van der Waals surface area contributed by atoms with E-state index in [0.717, 1.165) is 5.69 Å². The van der Waals surface area contributed by atoms with Gasteiger partial charge in [0, 0.05) is 29.2 Å². The zero-order valence-corrected chi connectivity index (χ0v) is 17.6. The summed E-state index contributed by atoms with van der Waals surface area (Å²) in [6.07, 6.45) is 1.53. The minimum Gasteiger partial charge on any atom is -0.484 e. The number of nitrogens with zero attached hydrogens (tertiary/aromatic N) is 2. The first-order valence-electron chi connectivity index (χ1n) is 9.34. The van der Waals surface area contributed by atoms with E-state index in [2.05, 4.69) is 9.98 Å². The molecule has 0 unspecified atom stereocenters. The lowest BCUT2D eigenvalue weighted by Crippen LogP contribution is -2.21. The van der Waals surface area contributed by atoms with Crippen LogP contribution in [-0.4, -0.2) is 35.0 Å². The first-order valence-corrected chi connectivity index (χ1v) is 9.34. The number of carbonyl (C=O) groups is 1. The summed E-state index contributed by atoms with van der Waals surface area (Å²) in [6, 6.07) is 4.99. The van der Waals surface area contributed by atoms with Crippen LogP contribution in [0, 0.1) is 19.7 Å². The molecular formula is C21H27FN4O3. The van der Waals surface area contributed by atoms with Crippen molar-refractivity contribution >= 4 is 22.6 Å².